The maximum atomic E-state index is 10.6. The van der Waals surface area contributed by atoms with E-state index in [9.17, 15) is 20.4 Å². The van der Waals surface area contributed by atoms with Gasteiger partial charge in [-0.05, 0) is 30.2 Å². The molecule has 0 unspecified atom stereocenters. The molecule has 4 rings (SSSR count). The van der Waals surface area contributed by atoms with Gasteiger partial charge in [0.05, 0.1) is 19.2 Å². The Bertz CT molecular complexity index is 1010. The van der Waals surface area contributed by atoms with Crippen molar-refractivity contribution in [3.05, 3.63) is 65.4 Å². The number of aromatic nitrogens is 1. The van der Waals surface area contributed by atoms with Crippen LogP contribution in [0.1, 0.15) is 22.8 Å². The van der Waals surface area contributed by atoms with Gasteiger partial charge in [-0.2, -0.15) is 0 Å². The maximum absolute atomic E-state index is 10.6. The molecular weight excluding hydrogens is 386 g/mol. The molecule has 1 aliphatic rings. The fourth-order valence-corrected chi connectivity index (χ4v) is 4.21. The molecule has 0 spiro atoms. The number of para-hydroxylation sites is 1. The Labute approximate surface area is 174 Å². The number of methoxy groups -OCH3 is 1. The van der Waals surface area contributed by atoms with Gasteiger partial charge in [0.25, 0.3) is 0 Å². The number of aryl methyl sites for hydroxylation is 1. The summed E-state index contributed by atoms with van der Waals surface area (Å²) >= 11 is 0. The third-order valence-electron chi connectivity index (χ3n) is 5.84. The molecule has 7 heteroatoms. The zero-order valence-corrected chi connectivity index (χ0v) is 17.0. The molecule has 1 saturated heterocycles. The molecule has 1 aromatic heterocycles. The molecular formula is C23H27NO6. The summed E-state index contributed by atoms with van der Waals surface area (Å²) in [5.74, 6) is 0.786. The molecule has 30 heavy (non-hydrogen) atoms. The molecule has 0 radical (unpaired) electrons. The van der Waals surface area contributed by atoms with E-state index in [1.165, 1.54) is 0 Å². The number of nitrogens with zero attached hydrogens (tertiary/aromatic N) is 1. The SMILES string of the molecule is COc1ccc(Cn2cc([C@@H]3O[C@H](CO)[C@@H](O)[C@H](O)[C@H]3O)c3cccc(C)c32)cc1. The van der Waals surface area contributed by atoms with Crippen LogP contribution < -0.4 is 4.74 Å². The quantitative estimate of drug-likeness (QED) is 0.506. The van der Waals surface area contributed by atoms with E-state index < -0.39 is 37.1 Å². The fourth-order valence-electron chi connectivity index (χ4n) is 4.21. The molecule has 7 nitrogen and oxygen atoms in total. The second kappa shape index (κ2) is 8.37. The van der Waals surface area contributed by atoms with Crippen LogP contribution in [-0.4, -0.2) is 63.1 Å². The highest BCUT2D eigenvalue weighted by molar-refractivity contribution is 5.87. The summed E-state index contributed by atoms with van der Waals surface area (Å²) in [7, 11) is 1.63. The Morgan fingerprint density at radius 2 is 1.73 bits per heavy atom. The summed E-state index contributed by atoms with van der Waals surface area (Å²) in [6.45, 7) is 2.16. The molecule has 0 amide bonds. The highest BCUT2D eigenvalue weighted by Gasteiger charge is 2.44. The maximum Gasteiger partial charge on any atom is 0.118 e. The Balaban J connectivity index is 1.76. The van der Waals surface area contributed by atoms with Crippen molar-refractivity contribution in [1.29, 1.82) is 0 Å². The first-order valence-corrected chi connectivity index (χ1v) is 9.96. The highest BCUT2D eigenvalue weighted by atomic mass is 16.5. The van der Waals surface area contributed by atoms with E-state index >= 15 is 0 Å². The van der Waals surface area contributed by atoms with Gasteiger partial charge < -0.3 is 34.5 Å². The minimum Gasteiger partial charge on any atom is -0.497 e. The largest absolute Gasteiger partial charge is 0.497 e. The third kappa shape index (κ3) is 3.59. The molecule has 2 aromatic carbocycles. The van der Waals surface area contributed by atoms with Gasteiger partial charge in [-0.15, -0.1) is 0 Å². The zero-order valence-electron chi connectivity index (χ0n) is 17.0. The molecule has 1 aliphatic heterocycles. The third-order valence-corrected chi connectivity index (χ3v) is 5.84. The molecule has 160 valence electrons. The number of benzene rings is 2. The van der Waals surface area contributed by atoms with Crippen molar-refractivity contribution in [3.63, 3.8) is 0 Å². The lowest BCUT2D eigenvalue weighted by Gasteiger charge is -2.40. The van der Waals surface area contributed by atoms with Crippen molar-refractivity contribution in [2.24, 2.45) is 0 Å². The number of hydrogen-bond acceptors (Lipinski definition) is 6. The molecule has 0 aliphatic carbocycles. The Kier molecular flexibility index (Phi) is 5.81. The van der Waals surface area contributed by atoms with Gasteiger partial charge in [-0.3, -0.25) is 0 Å². The van der Waals surface area contributed by atoms with Crippen molar-refractivity contribution < 1.29 is 29.9 Å². The highest BCUT2D eigenvalue weighted by Crippen LogP contribution is 2.38. The summed E-state index contributed by atoms with van der Waals surface area (Å²) in [4.78, 5) is 0. The van der Waals surface area contributed by atoms with Crippen LogP contribution in [-0.2, 0) is 11.3 Å². The van der Waals surface area contributed by atoms with Gasteiger partial charge in [-0.1, -0.05) is 30.3 Å². The lowest BCUT2D eigenvalue weighted by atomic mass is 9.91. The first-order valence-electron chi connectivity index (χ1n) is 9.96. The fraction of sp³-hybridized carbons (Fsp3) is 0.391. The van der Waals surface area contributed by atoms with Crippen molar-refractivity contribution in [3.8, 4) is 5.75 Å². The van der Waals surface area contributed by atoms with Crippen molar-refractivity contribution in [2.75, 3.05) is 13.7 Å². The van der Waals surface area contributed by atoms with Crippen LogP contribution in [0.5, 0.6) is 5.75 Å². The van der Waals surface area contributed by atoms with Crippen LogP contribution >= 0.6 is 0 Å². The van der Waals surface area contributed by atoms with Gasteiger partial charge in [-0.25, -0.2) is 0 Å². The predicted octanol–water partition coefficient (Wildman–Crippen LogP) is 1.52. The van der Waals surface area contributed by atoms with Gasteiger partial charge in [0.2, 0.25) is 0 Å². The average molecular weight is 413 g/mol. The van der Waals surface area contributed by atoms with Crippen molar-refractivity contribution in [2.45, 2.75) is 44.0 Å². The monoisotopic (exact) mass is 413 g/mol. The molecule has 1 fully saturated rings. The topological polar surface area (TPSA) is 104 Å². The van der Waals surface area contributed by atoms with E-state index in [-0.39, 0.29) is 0 Å². The molecule has 2 heterocycles. The second-order valence-electron chi connectivity index (χ2n) is 7.78. The number of rotatable bonds is 5. The standard InChI is InChI=1S/C23H27NO6/c1-13-4-3-5-16-17(23-22(28)21(27)20(26)18(12-25)30-23)11-24(19(13)16)10-14-6-8-15(29-2)9-7-14/h3-9,11,18,20-23,25-28H,10,12H2,1-2H3/t18-,20-,21+,22-,23+/m1/s1. The van der Waals surface area contributed by atoms with Crippen LogP contribution in [0.4, 0.5) is 0 Å². The summed E-state index contributed by atoms with van der Waals surface area (Å²) in [5.41, 5.74) is 3.85. The van der Waals surface area contributed by atoms with Crippen molar-refractivity contribution in [1.82, 2.24) is 4.57 Å². The number of hydrogen-bond donors (Lipinski definition) is 4. The number of ether oxygens (including phenoxy) is 2. The summed E-state index contributed by atoms with van der Waals surface area (Å²) in [5, 5.41) is 41.4. The van der Waals surface area contributed by atoms with Gasteiger partial charge >= 0.3 is 0 Å². The van der Waals surface area contributed by atoms with Gasteiger partial charge in [0, 0.05) is 23.7 Å². The van der Waals surface area contributed by atoms with Crippen LogP contribution in [0, 0.1) is 6.92 Å². The summed E-state index contributed by atoms with van der Waals surface area (Å²) in [6.07, 6.45) is -4.01. The van der Waals surface area contributed by atoms with Crippen LogP contribution in [0.15, 0.2) is 48.7 Å². The predicted molar refractivity (Wildman–Crippen MR) is 111 cm³/mol. The minimum atomic E-state index is -1.41. The molecule has 0 saturated carbocycles. The lowest BCUT2D eigenvalue weighted by Crippen LogP contribution is -2.55. The Morgan fingerprint density at radius 1 is 1.00 bits per heavy atom. The van der Waals surface area contributed by atoms with E-state index in [1.54, 1.807) is 7.11 Å². The lowest BCUT2D eigenvalue weighted by molar-refractivity contribution is -0.231. The molecule has 0 bridgehead atoms. The van der Waals surface area contributed by atoms with Crippen molar-refractivity contribution >= 4 is 10.9 Å². The average Bonchev–Trinajstić information content (AvgIpc) is 3.12. The second-order valence-corrected chi connectivity index (χ2v) is 7.78. The molecule has 5 atom stereocenters. The van der Waals surface area contributed by atoms with Gasteiger partial charge in [0.1, 0.15) is 36.3 Å². The van der Waals surface area contributed by atoms with E-state index in [0.717, 1.165) is 27.8 Å². The van der Waals surface area contributed by atoms with E-state index in [4.69, 9.17) is 9.47 Å². The van der Waals surface area contributed by atoms with Crippen LogP contribution in [0.3, 0.4) is 0 Å². The Morgan fingerprint density at radius 3 is 2.40 bits per heavy atom. The summed E-state index contributed by atoms with van der Waals surface area (Å²) < 4.78 is 13.1. The summed E-state index contributed by atoms with van der Waals surface area (Å²) in [6, 6.07) is 13.7. The van der Waals surface area contributed by atoms with E-state index in [0.29, 0.717) is 12.1 Å². The smallest absolute Gasteiger partial charge is 0.118 e. The number of aliphatic hydroxyl groups excluding tert-OH is 4. The zero-order chi connectivity index (χ0) is 21.4. The molecule has 4 N–H and O–H groups in total. The van der Waals surface area contributed by atoms with E-state index in [1.807, 2.05) is 55.6 Å². The number of fused-ring (bicyclic) bond motifs is 1. The minimum absolute atomic E-state index is 0.453. The number of aliphatic hydroxyl groups is 4. The van der Waals surface area contributed by atoms with Crippen LogP contribution in [0.2, 0.25) is 0 Å². The van der Waals surface area contributed by atoms with Crippen LogP contribution in [0.25, 0.3) is 10.9 Å². The normalized spacial score (nSPS) is 26.8. The Hall–Kier alpha value is -2.42. The first kappa shape index (κ1) is 20.8. The van der Waals surface area contributed by atoms with Gasteiger partial charge in [0.15, 0.2) is 0 Å². The molecule has 3 aromatic rings. The first-order chi connectivity index (χ1) is 14.4. The van der Waals surface area contributed by atoms with E-state index in [2.05, 4.69) is 4.57 Å².